The number of ether oxygens (including phenoxy) is 1. The van der Waals surface area contributed by atoms with Crippen LogP contribution in [0.1, 0.15) is 23.7 Å². The van der Waals surface area contributed by atoms with E-state index in [1.807, 2.05) is 59.6 Å². The molecule has 1 aliphatic rings. The first-order chi connectivity index (χ1) is 14.2. The minimum Gasteiger partial charge on any atom is -0.497 e. The van der Waals surface area contributed by atoms with Crippen molar-refractivity contribution in [3.63, 3.8) is 0 Å². The van der Waals surface area contributed by atoms with Crippen LogP contribution in [0, 0.1) is 0 Å². The molecule has 2 aromatic carbocycles. The molecule has 1 aliphatic heterocycles. The number of carbonyl (C=O) groups is 1. The van der Waals surface area contributed by atoms with Crippen LogP contribution in [-0.2, 0) is 11.3 Å². The van der Waals surface area contributed by atoms with Crippen LogP contribution in [-0.4, -0.2) is 39.6 Å². The van der Waals surface area contributed by atoms with Crippen molar-refractivity contribution in [2.75, 3.05) is 13.7 Å². The first-order valence-electron chi connectivity index (χ1n) is 9.52. The number of carbonyl (C=O) groups excluding carboxylic acids is 1. The zero-order valence-corrected chi connectivity index (χ0v) is 16.0. The summed E-state index contributed by atoms with van der Waals surface area (Å²) in [4.78, 5) is 22.2. The Labute approximate surface area is 167 Å². The number of benzene rings is 2. The average molecular weight is 388 g/mol. The summed E-state index contributed by atoms with van der Waals surface area (Å²) in [5, 5.41) is 5.21. The third-order valence-corrected chi connectivity index (χ3v) is 5.35. The highest BCUT2D eigenvalue weighted by atomic mass is 16.5. The second-order valence-electron chi connectivity index (χ2n) is 7.23. The van der Waals surface area contributed by atoms with E-state index >= 15 is 0 Å². The second-order valence-corrected chi connectivity index (χ2v) is 7.23. The maximum atomic E-state index is 12.5. The first-order valence-corrected chi connectivity index (χ1v) is 9.52. The summed E-state index contributed by atoms with van der Waals surface area (Å²) in [7, 11) is 1.64. The summed E-state index contributed by atoms with van der Waals surface area (Å²) >= 11 is 0. The highest BCUT2D eigenvalue weighted by Crippen LogP contribution is 2.31. The SMILES string of the molecule is COc1cccc(CN2CC(c3noc(-c4cccc5[nH]ccc45)n3)CC2=O)c1. The molecule has 0 aliphatic carbocycles. The number of aromatic nitrogens is 3. The summed E-state index contributed by atoms with van der Waals surface area (Å²) in [6.07, 6.45) is 2.27. The molecule has 3 heterocycles. The summed E-state index contributed by atoms with van der Waals surface area (Å²) in [6.45, 7) is 1.11. The number of H-pyrrole nitrogens is 1. The van der Waals surface area contributed by atoms with E-state index in [2.05, 4.69) is 15.1 Å². The quantitative estimate of drug-likeness (QED) is 0.563. The lowest BCUT2D eigenvalue weighted by Crippen LogP contribution is -2.24. The maximum Gasteiger partial charge on any atom is 0.258 e. The van der Waals surface area contributed by atoms with Crippen molar-refractivity contribution in [1.82, 2.24) is 20.0 Å². The van der Waals surface area contributed by atoms with Crippen LogP contribution in [0.25, 0.3) is 22.4 Å². The van der Waals surface area contributed by atoms with Crippen LogP contribution in [0.3, 0.4) is 0 Å². The third kappa shape index (κ3) is 3.24. The molecule has 2 aromatic heterocycles. The van der Waals surface area contributed by atoms with Crippen LogP contribution >= 0.6 is 0 Å². The second kappa shape index (κ2) is 7.09. The van der Waals surface area contributed by atoms with Gasteiger partial charge in [0.15, 0.2) is 5.82 Å². The number of rotatable bonds is 5. The minimum absolute atomic E-state index is 0.0731. The Morgan fingerprint density at radius 1 is 1.24 bits per heavy atom. The number of nitrogens with one attached hydrogen (secondary N) is 1. The molecule has 0 bridgehead atoms. The van der Waals surface area contributed by atoms with Gasteiger partial charge in [-0.3, -0.25) is 4.79 Å². The molecule has 0 saturated carbocycles. The molecule has 1 atom stereocenters. The summed E-state index contributed by atoms with van der Waals surface area (Å²) in [6, 6.07) is 15.7. The highest BCUT2D eigenvalue weighted by Gasteiger charge is 2.34. The predicted molar refractivity (Wildman–Crippen MR) is 107 cm³/mol. The van der Waals surface area contributed by atoms with E-state index in [0.29, 0.717) is 31.2 Å². The monoisotopic (exact) mass is 388 g/mol. The van der Waals surface area contributed by atoms with E-state index in [0.717, 1.165) is 27.8 Å². The molecule has 1 unspecified atom stereocenters. The molecule has 1 N–H and O–H groups in total. The number of hydrogen-bond donors (Lipinski definition) is 1. The molecule has 7 nitrogen and oxygen atoms in total. The van der Waals surface area contributed by atoms with Crippen molar-refractivity contribution in [1.29, 1.82) is 0 Å². The Balaban J connectivity index is 1.35. The Morgan fingerprint density at radius 2 is 2.14 bits per heavy atom. The van der Waals surface area contributed by atoms with E-state index in [-0.39, 0.29) is 11.8 Å². The molecule has 5 rings (SSSR count). The maximum absolute atomic E-state index is 12.5. The molecule has 146 valence electrons. The number of aromatic amines is 1. The van der Waals surface area contributed by atoms with Crippen molar-refractivity contribution < 1.29 is 14.1 Å². The van der Waals surface area contributed by atoms with Gasteiger partial charge in [-0.2, -0.15) is 4.98 Å². The third-order valence-electron chi connectivity index (χ3n) is 5.35. The molecule has 0 spiro atoms. The van der Waals surface area contributed by atoms with Gasteiger partial charge in [0.1, 0.15) is 5.75 Å². The smallest absolute Gasteiger partial charge is 0.258 e. The fourth-order valence-corrected chi connectivity index (χ4v) is 3.87. The van der Waals surface area contributed by atoms with Gasteiger partial charge in [-0.15, -0.1) is 0 Å². The van der Waals surface area contributed by atoms with Gasteiger partial charge in [-0.05, 0) is 35.9 Å². The van der Waals surface area contributed by atoms with Gasteiger partial charge in [-0.1, -0.05) is 23.4 Å². The van der Waals surface area contributed by atoms with E-state index in [4.69, 9.17) is 9.26 Å². The molecule has 29 heavy (non-hydrogen) atoms. The van der Waals surface area contributed by atoms with Crippen molar-refractivity contribution in [3.05, 3.63) is 66.1 Å². The summed E-state index contributed by atoms with van der Waals surface area (Å²) in [5.74, 6) is 1.86. The minimum atomic E-state index is -0.0731. The number of nitrogens with zero attached hydrogens (tertiary/aromatic N) is 3. The number of fused-ring (bicyclic) bond motifs is 1. The molecule has 0 radical (unpaired) electrons. The Bertz CT molecular complexity index is 1180. The topological polar surface area (TPSA) is 84.2 Å². The van der Waals surface area contributed by atoms with Crippen LogP contribution in [0.2, 0.25) is 0 Å². The van der Waals surface area contributed by atoms with Crippen LogP contribution in [0.4, 0.5) is 0 Å². The fourth-order valence-electron chi connectivity index (χ4n) is 3.87. The Morgan fingerprint density at radius 3 is 3.03 bits per heavy atom. The Kier molecular flexibility index (Phi) is 4.27. The lowest BCUT2D eigenvalue weighted by molar-refractivity contribution is -0.128. The summed E-state index contributed by atoms with van der Waals surface area (Å²) in [5.41, 5.74) is 2.94. The van der Waals surface area contributed by atoms with Crippen molar-refractivity contribution in [3.8, 4) is 17.2 Å². The molecule has 1 saturated heterocycles. The lowest BCUT2D eigenvalue weighted by Gasteiger charge is -2.16. The number of amides is 1. The molecular formula is C22H20N4O3. The van der Waals surface area contributed by atoms with Gasteiger partial charge in [0.25, 0.3) is 5.89 Å². The molecule has 1 amide bonds. The van der Waals surface area contributed by atoms with Gasteiger partial charge in [0.2, 0.25) is 5.91 Å². The van der Waals surface area contributed by atoms with Gasteiger partial charge < -0.3 is 19.1 Å². The number of methoxy groups -OCH3 is 1. The lowest BCUT2D eigenvalue weighted by atomic mass is 10.1. The summed E-state index contributed by atoms with van der Waals surface area (Å²) < 4.78 is 10.8. The van der Waals surface area contributed by atoms with Crippen molar-refractivity contribution in [2.45, 2.75) is 18.9 Å². The predicted octanol–water partition coefficient (Wildman–Crippen LogP) is 3.74. The normalized spacial score (nSPS) is 16.7. The first kappa shape index (κ1) is 17.5. The van der Waals surface area contributed by atoms with Gasteiger partial charge in [-0.25, -0.2) is 0 Å². The largest absolute Gasteiger partial charge is 0.497 e. The zero-order valence-electron chi connectivity index (χ0n) is 16.0. The van der Waals surface area contributed by atoms with Crippen LogP contribution in [0.5, 0.6) is 5.75 Å². The van der Waals surface area contributed by atoms with Crippen LogP contribution in [0.15, 0.2) is 59.3 Å². The highest BCUT2D eigenvalue weighted by molar-refractivity contribution is 5.92. The van der Waals surface area contributed by atoms with Crippen LogP contribution < -0.4 is 4.74 Å². The zero-order chi connectivity index (χ0) is 19.8. The van der Waals surface area contributed by atoms with Crippen molar-refractivity contribution in [2.24, 2.45) is 0 Å². The molecule has 1 fully saturated rings. The molecule has 4 aromatic rings. The molecular weight excluding hydrogens is 368 g/mol. The standard InChI is InChI=1S/C22H20N4O3/c1-28-16-5-2-4-14(10-16)12-26-13-15(11-20(26)27)21-24-22(29-25-21)18-6-3-7-19-17(18)8-9-23-19/h2-10,15,23H,11-13H2,1H3. The Hall–Kier alpha value is -3.61. The average Bonchev–Trinajstić information content (AvgIpc) is 3.48. The van der Waals surface area contributed by atoms with E-state index in [1.54, 1.807) is 7.11 Å². The van der Waals surface area contributed by atoms with Gasteiger partial charge in [0.05, 0.1) is 7.11 Å². The van der Waals surface area contributed by atoms with E-state index < -0.39 is 0 Å². The van der Waals surface area contributed by atoms with Gasteiger partial charge >= 0.3 is 0 Å². The fraction of sp³-hybridized carbons (Fsp3) is 0.227. The van der Waals surface area contributed by atoms with Crippen molar-refractivity contribution >= 4 is 16.8 Å². The number of hydrogen-bond acceptors (Lipinski definition) is 5. The van der Waals surface area contributed by atoms with Gasteiger partial charge in [0, 0.05) is 48.1 Å². The molecule has 7 heteroatoms. The van der Waals surface area contributed by atoms with E-state index in [1.165, 1.54) is 0 Å². The number of likely N-dealkylation sites (tertiary alicyclic amines) is 1. The van der Waals surface area contributed by atoms with E-state index in [9.17, 15) is 4.79 Å².